The summed E-state index contributed by atoms with van der Waals surface area (Å²) >= 11 is 0. The van der Waals surface area contributed by atoms with Crippen molar-refractivity contribution in [2.45, 2.75) is 25.8 Å². The fraction of sp³-hybridized carbons (Fsp3) is 0.500. The Kier molecular flexibility index (Phi) is 6.90. The number of piperidine rings is 1. The van der Waals surface area contributed by atoms with Gasteiger partial charge in [0.15, 0.2) is 17.5 Å². The maximum Gasteiger partial charge on any atom is 0.191 e. The van der Waals surface area contributed by atoms with Crippen molar-refractivity contribution in [1.82, 2.24) is 4.90 Å². The summed E-state index contributed by atoms with van der Waals surface area (Å²) in [6.07, 6.45) is 3.60. The SMILES string of the molecule is COc1cccc(CN=C(N)N2CCCCC2)c1O.I. The highest BCUT2D eigenvalue weighted by Crippen LogP contribution is 2.29. The predicted octanol–water partition coefficient (Wildman–Crippen LogP) is 2.32. The van der Waals surface area contributed by atoms with Crippen molar-refractivity contribution in [3.8, 4) is 11.5 Å². The minimum Gasteiger partial charge on any atom is -0.504 e. The van der Waals surface area contributed by atoms with Gasteiger partial charge in [0.25, 0.3) is 0 Å². The fourth-order valence-corrected chi connectivity index (χ4v) is 2.25. The Morgan fingerprint density at radius 2 is 2.05 bits per heavy atom. The summed E-state index contributed by atoms with van der Waals surface area (Å²) in [5.74, 6) is 1.16. The number of hydrogen-bond donors (Lipinski definition) is 2. The Labute approximate surface area is 136 Å². The number of halogens is 1. The van der Waals surface area contributed by atoms with Gasteiger partial charge >= 0.3 is 0 Å². The molecule has 0 spiro atoms. The van der Waals surface area contributed by atoms with Crippen LogP contribution in [0.1, 0.15) is 24.8 Å². The normalized spacial score (nSPS) is 15.7. The summed E-state index contributed by atoms with van der Waals surface area (Å²) < 4.78 is 5.07. The molecule has 1 aromatic rings. The van der Waals surface area contributed by atoms with Gasteiger partial charge in [-0.1, -0.05) is 12.1 Å². The highest BCUT2D eigenvalue weighted by Gasteiger charge is 2.12. The number of ether oxygens (including phenoxy) is 1. The summed E-state index contributed by atoms with van der Waals surface area (Å²) in [7, 11) is 1.53. The first kappa shape index (κ1) is 16.9. The van der Waals surface area contributed by atoms with Gasteiger partial charge in [-0.25, -0.2) is 4.99 Å². The van der Waals surface area contributed by atoms with Crippen molar-refractivity contribution in [2.75, 3.05) is 20.2 Å². The fourth-order valence-electron chi connectivity index (χ4n) is 2.25. The molecule has 6 heteroatoms. The van der Waals surface area contributed by atoms with E-state index in [1.165, 1.54) is 26.4 Å². The van der Waals surface area contributed by atoms with Gasteiger partial charge in [-0.05, 0) is 25.3 Å². The molecule has 112 valence electrons. The summed E-state index contributed by atoms with van der Waals surface area (Å²) in [5.41, 5.74) is 6.70. The third-order valence-corrected chi connectivity index (χ3v) is 3.39. The van der Waals surface area contributed by atoms with Crippen molar-refractivity contribution >= 4 is 29.9 Å². The molecule has 0 unspecified atom stereocenters. The van der Waals surface area contributed by atoms with Crippen LogP contribution in [0.4, 0.5) is 0 Å². The number of nitrogens with zero attached hydrogens (tertiary/aromatic N) is 2. The number of likely N-dealkylation sites (tertiary alicyclic amines) is 1. The lowest BCUT2D eigenvalue weighted by Crippen LogP contribution is -2.40. The van der Waals surface area contributed by atoms with E-state index in [-0.39, 0.29) is 29.7 Å². The van der Waals surface area contributed by atoms with Gasteiger partial charge in [-0.15, -0.1) is 24.0 Å². The Morgan fingerprint density at radius 3 is 2.70 bits per heavy atom. The van der Waals surface area contributed by atoms with Crippen molar-refractivity contribution in [3.63, 3.8) is 0 Å². The molecule has 0 bridgehead atoms. The topological polar surface area (TPSA) is 71.1 Å². The zero-order valence-corrected chi connectivity index (χ0v) is 14.0. The first-order valence-electron chi connectivity index (χ1n) is 6.62. The lowest BCUT2D eigenvalue weighted by Gasteiger charge is -2.27. The van der Waals surface area contributed by atoms with Crippen LogP contribution in [-0.4, -0.2) is 36.2 Å². The second-order valence-corrected chi connectivity index (χ2v) is 4.69. The number of nitrogens with two attached hydrogens (primary N) is 1. The molecule has 1 aliphatic heterocycles. The van der Waals surface area contributed by atoms with Crippen LogP contribution in [0.3, 0.4) is 0 Å². The zero-order chi connectivity index (χ0) is 13.7. The van der Waals surface area contributed by atoms with E-state index in [2.05, 4.69) is 9.89 Å². The molecule has 1 saturated heterocycles. The van der Waals surface area contributed by atoms with E-state index in [0.717, 1.165) is 18.7 Å². The summed E-state index contributed by atoms with van der Waals surface area (Å²) in [5, 5.41) is 9.96. The van der Waals surface area contributed by atoms with Gasteiger partial charge in [0, 0.05) is 18.7 Å². The number of aliphatic imine (C=N–C) groups is 1. The van der Waals surface area contributed by atoms with Crippen LogP contribution in [0.25, 0.3) is 0 Å². The Bertz CT molecular complexity index is 460. The molecular weight excluding hydrogens is 369 g/mol. The van der Waals surface area contributed by atoms with Crippen LogP contribution in [0.5, 0.6) is 11.5 Å². The highest BCUT2D eigenvalue weighted by atomic mass is 127. The molecular formula is C14H22IN3O2. The minimum atomic E-state index is 0. The molecule has 0 aliphatic carbocycles. The molecule has 0 amide bonds. The van der Waals surface area contributed by atoms with E-state index >= 15 is 0 Å². The monoisotopic (exact) mass is 391 g/mol. The molecule has 1 aliphatic rings. The molecule has 1 aromatic carbocycles. The first-order valence-corrected chi connectivity index (χ1v) is 6.62. The number of aromatic hydroxyl groups is 1. The predicted molar refractivity (Wildman–Crippen MR) is 90.8 cm³/mol. The number of phenols is 1. The second-order valence-electron chi connectivity index (χ2n) is 4.69. The van der Waals surface area contributed by atoms with Gasteiger partial charge in [0.1, 0.15) is 0 Å². The first-order chi connectivity index (χ1) is 9.22. The van der Waals surface area contributed by atoms with E-state index in [0.29, 0.717) is 18.3 Å². The number of guanidine groups is 1. The molecule has 0 atom stereocenters. The summed E-state index contributed by atoms with van der Waals surface area (Å²) in [6.45, 7) is 2.31. The Balaban J connectivity index is 0.00000200. The van der Waals surface area contributed by atoms with Crippen LogP contribution in [0, 0.1) is 0 Å². The number of methoxy groups -OCH3 is 1. The molecule has 0 saturated carbocycles. The molecule has 2 rings (SSSR count). The molecule has 0 aromatic heterocycles. The van der Waals surface area contributed by atoms with Gasteiger partial charge in [0.05, 0.1) is 13.7 Å². The second kappa shape index (κ2) is 8.18. The number of benzene rings is 1. The minimum absolute atomic E-state index is 0. The average Bonchev–Trinajstić information content (AvgIpc) is 2.47. The largest absolute Gasteiger partial charge is 0.504 e. The zero-order valence-electron chi connectivity index (χ0n) is 11.7. The van der Waals surface area contributed by atoms with Gasteiger partial charge < -0.3 is 20.5 Å². The third-order valence-electron chi connectivity index (χ3n) is 3.39. The van der Waals surface area contributed by atoms with Crippen molar-refractivity contribution < 1.29 is 9.84 Å². The van der Waals surface area contributed by atoms with Crippen molar-refractivity contribution in [2.24, 2.45) is 10.7 Å². The van der Waals surface area contributed by atoms with E-state index in [4.69, 9.17) is 10.5 Å². The lowest BCUT2D eigenvalue weighted by atomic mass is 10.1. The van der Waals surface area contributed by atoms with Gasteiger partial charge in [-0.3, -0.25) is 0 Å². The molecule has 20 heavy (non-hydrogen) atoms. The molecule has 0 radical (unpaired) electrons. The number of para-hydroxylation sites is 1. The van der Waals surface area contributed by atoms with Crippen molar-refractivity contribution in [1.29, 1.82) is 0 Å². The number of hydrogen-bond acceptors (Lipinski definition) is 3. The molecule has 5 nitrogen and oxygen atoms in total. The third kappa shape index (κ3) is 4.16. The van der Waals surface area contributed by atoms with Crippen LogP contribution >= 0.6 is 24.0 Å². The maximum absolute atomic E-state index is 9.96. The summed E-state index contributed by atoms with van der Waals surface area (Å²) in [4.78, 5) is 6.46. The van der Waals surface area contributed by atoms with E-state index in [1.807, 2.05) is 12.1 Å². The van der Waals surface area contributed by atoms with Crippen LogP contribution in [0.2, 0.25) is 0 Å². The molecule has 1 heterocycles. The van der Waals surface area contributed by atoms with E-state index in [1.54, 1.807) is 6.07 Å². The smallest absolute Gasteiger partial charge is 0.191 e. The standard InChI is InChI=1S/C14H21N3O2.HI/c1-19-12-7-5-6-11(13(12)18)10-16-14(15)17-8-3-2-4-9-17;/h5-7,18H,2-4,8-10H2,1H3,(H2,15,16);1H. The van der Waals surface area contributed by atoms with Crippen LogP contribution < -0.4 is 10.5 Å². The van der Waals surface area contributed by atoms with E-state index < -0.39 is 0 Å². The highest BCUT2D eigenvalue weighted by molar-refractivity contribution is 14.0. The number of phenolic OH excluding ortho intramolecular Hbond substituents is 1. The Morgan fingerprint density at radius 1 is 1.35 bits per heavy atom. The quantitative estimate of drug-likeness (QED) is 0.472. The van der Waals surface area contributed by atoms with Gasteiger partial charge in [-0.2, -0.15) is 0 Å². The molecule has 1 fully saturated rings. The van der Waals surface area contributed by atoms with Crippen LogP contribution in [0.15, 0.2) is 23.2 Å². The van der Waals surface area contributed by atoms with E-state index in [9.17, 15) is 5.11 Å². The number of rotatable bonds is 3. The molecule has 3 N–H and O–H groups in total. The van der Waals surface area contributed by atoms with Gasteiger partial charge in [0.2, 0.25) is 0 Å². The Hall–Kier alpha value is -1.18. The maximum atomic E-state index is 9.96. The van der Waals surface area contributed by atoms with Crippen molar-refractivity contribution in [3.05, 3.63) is 23.8 Å². The van der Waals surface area contributed by atoms with Crippen LogP contribution in [-0.2, 0) is 6.54 Å². The average molecular weight is 391 g/mol. The lowest BCUT2D eigenvalue weighted by molar-refractivity contribution is 0.338. The summed E-state index contributed by atoms with van der Waals surface area (Å²) in [6, 6.07) is 5.38.